The summed E-state index contributed by atoms with van der Waals surface area (Å²) >= 11 is 7.15. The van der Waals surface area contributed by atoms with E-state index >= 15 is 0 Å². The molecule has 1 aromatic rings. The molecule has 0 radical (unpaired) electrons. The van der Waals surface area contributed by atoms with Crippen molar-refractivity contribution in [2.45, 2.75) is 52.0 Å². The highest BCUT2D eigenvalue weighted by Gasteiger charge is 2.18. The molecule has 2 unspecified atom stereocenters. The summed E-state index contributed by atoms with van der Waals surface area (Å²) in [7, 11) is 0. The maximum atomic E-state index is 5.77. The molecule has 0 amide bonds. The van der Waals surface area contributed by atoms with Gasteiger partial charge in [-0.1, -0.05) is 71.4 Å². The van der Waals surface area contributed by atoms with Crippen molar-refractivity contribution in [1.82, 2.24) is 5.43 Å². The molecule has 0 spiro atoms. The third-order valence-corrected chi connectivity index (χ3v) is 4.86. The molecule has 1 rings (SSSR count). The minimum absolute atomic E-state index is 0.202. The predicted octanol–water partition coefficient (Wildman–Crippen LogP) is 5.32. The maximum absolute atomic E-state index is 5.77. The molecule has 19 heavy (non-hydrogen) atoms. The van der Waals surface area contributed by atoms with Crippen LogP contribution in [0.1, 0.15) is 57.6 Å². The molecule has 3 N–H and O–H groups in total. The Balaban J connectivity index is 2.78. The molecule has 2 nitrogen and oxygen atoms in total. The molecule has 108 valence electrons. The Morgan fingerprint density at radius 3 is 2.58 bits per heavy atom. The molecule has 0 saturated carbocycles. The smallest absolute Gasteiger partial charge is 0.0474 e. The zero-order chi connectivity index (χ0) is 14.3. The van der Waals surface area contributed by atoms with Crippen LogP contribution >= 0.6 is 31.9 Å². The Morgan fingerprint density at radius 1 is 1.26 bits per heavy atom. The fraction of sp³-hybridized carbons (Fsp3) is 0.600. The molecule has 0 aliphatic rings. The largest absolute Gasteiger partial charge is 0.271 e. The van der Waals surface area contributed by atoms with Crippen LogP contribution in [0.15, 0.2) is 27.1 Å². The predicted molar refractivity (Wildman–Crippen MR) is 89.8 cm³/mol. The van der Waals surface area contributed by atoms with Crippen LogP contribution in [-0.2, 0) is 0 Å². The van der Waals surface area contributed by atoms with E-state index in [-0.39, 0.29) is 6.04 Å². The monoisotopic (exact) mass is 390 g/mol. The minimum Gasteiger partial charge on any atom is -0.271 e. The second kappa shape index (κ2) is 9.11. The Hall–Kier alpha value is 0.1000. The van der Waals surface area contributed by atoms with E-state index in [9.17, 15) is 0 Å². The highest BCUT2D eigenvalue weighted by Crippen LogP contribution is 2.32. The van der Waals surface area contributed by atoms with Crippen molar-refractivity contribution in [3.63, 3.8) is 0 Å². The van der Waals surface area contributed by atoms with Gasteiger partial charge in [0.1, 0.15) is 0 Å². The SMILES string of the molecule is CCCCC(CC)CC(NN)c1cc(Br)ccc1Br. The number of unbranched alkanes of at least 4 members (excludes halogenated alkanes) is 1. The second-order valence-electron chi connectivity index (χ2n) is 5.04. The first-order valence-corrected chi connectivity index (χ1v) is 8.62. The summed E-state index contributed by atoms with van der Waals surface area (Å²) in [6.07, 6.45) is 6.15. The second-order valence-corrected chi connectivity index (χ2v) is 6.81. The molecule has 2 atom stereocenters. The maximum Gasteiger partial charge on any atom is 0.0474 e. The minimum atomic E-state index is 0.202. The number of nitrogens with one attached hydrogen (secondary N) is 1. The van der Waals surface area contributed by atoms with E-state index in [0.29, 0.717) is 0 Å². The van der Waals surface area contributed by atoms with Crippen LogP contribution in [0.5, 0.6) is 0 Å². The van der Waals surface area contributed by atoms with Gasteiger partial charge < -0.3 is 0 Å². The molecule has 0 saturated heterocycles. The first kappa shape index (κ1) is 17.2. The quantitative estimate of drug-likeness (QED) is 0.464. The van der Waals surface area contributed by atoms with Crippen molar-refractivity contribution in [3.05, 3.63) is 32.7 Å². The number of nitrogens with two attached hydrogens (primary N) is 1. The summed E-state index contributed by atoms with van der Waals surface area (Å²) in [5, 5.41) is 0. The van der Waals surface area contributed by atoms with Gasteiger partial charge in [0.2, 0.25) is 0 Å². The van der Waals surface area contributed by atoms with E-state index in [1.54, 1.807) is 0 Å². The van der Waals surface area contributed by atoms with Crippen molar-refractivity contribution in [1.29, 1.82) is 0 Å². The molecule has 4 heteroatoms. The number of rotatable bonds is 8. The number of hydrogen-bond acceptors (Lipinski definition) is 2. The lowest BCUT2D eigenvalue weighted by Crippen LogP contribution is -2.30. The summed E-state index contributed by atoms with van der Waals surface area (Å²) in [6, 6.07) is 6.45. The van der Waals surface area contributed by atoms with Gasteiger partial charge in [-0.25, -0.2) is 0 Å². The highest BCUT2D eigenvalue weighted by atomic mass is 79.9. The number of hydrazine groups is 1. The molecule has 0 aliphatic heterocycles. The molecular formula is C15H24Br2N2. The Bertz CT molecular complexity index is 382. The van der Waals surface area contributed by atoms with Gasteiger partial charge in [0.15, 0.2) is 0 Å². The molecule has 0 aromatic heterocycles. The van der Waals surface area contributed by atoms with Crippen LogP contribution in [-0.4, -0.2) is 0 Å². The lowest BCUT2D eigenvalue weighted by molar-refractivity contribution is 0.355. The summed E-state index contributed by atoms with van der Waals surface area (Å²) in [5.74, 6) is 6.50. The Kier molecular flexibility index (Phi) is 8.23. The summed E-state index contributed by atoms with van der Waals surface area (Å²) in [6.45, 7) is 4.51. The van der Waals surface area contributed by atoms with Crippen molar-refractivity contribution < 1.29 is 0 Å². The van der Waals surface area contributed by atoms with Crippen LogP contribution in [0.25, 0.3) is 0 Å². The number of halogens is 2. The van der Waals surface area contributed by atoms with Crippen LogP contribution in [0.3, 0.4) is 0 Å². The zero-order valence-corrected chi connectivity index (χ0v) is 14.9. The van der Waals surface area contributed by atoms with Gasteiger partial charge in [0, 0.05) is 15.0 Å². The molecule has 0 heterocycles. The van der Waals surface area contributed by atoms with Gasteiger partial charge in [0.05, 0.1) is 0 Å². The van der Waals surface area contributed by atoms with Gasteiger partial charge in [0.25, 0.3) is 0 Å². The van der Waals surface area contributed by atoms with Crippen molar-refractivity contribution in [2.75, 3.05) is 0 Å². The molecule has 0 bridgehead atoms. The van der Waals surface area contributed by atoms with E-state index in [2.05, 4.69) is 63.3 Å². The van der Waals surface area contributed by atoms with Gasteiger partial charge >= 0.3 is 0 Å². The normalized spacial score (nSPS) is 14.4. The number of hydrogen-bond donors (Lipinski definition) is 2. The van der Waals surface area contributed by atoms with Gasteiger partial charge in [-0.3, -0.25) is 11.3 Å². The lowest BCUT2D eigenvalue weighted by Gasteiger charge is -2.23. The van der Waals surface area contributed by atoms with Gasteiger partial charge in [-0.05, 0) is 36.1 Å². The zero-order valence-electron chi connectivity index (χ0n) is 11.8. The number of benzene rings is 1. The van der Waals surface area contributed by atoms with Crippen LogP contribution in [0.4, 0.5) is 0 Å². The average molecular weight is 392 g/mol. The molecule has 0 aliphatic carbocycles. The van der Waals surface area contributed by atoms with E-state index in [0.717, 1.165) is 21.3 Å². The lowest BCUT2D eigenvalue weighted by atomic mass is 9.89. The van der Waals surface area contributed by atoms with E-state index in [1.807, 2.05) is 6.07 Å². The van der Waals surface area contributed by atoms with Gasteiger partial charge in [-0.15, -0.1) is 0 Å². The van der Waals surface area contributed by atoms with Crippen LogP contribution < -0.4 is 11.3 Å². The van der Waals surface area contributed by atoms with E-state index in [4.69, 9.17) is 5.84 Å². The van der Waals surface area contributed by atoms with E-state index < -0.39 is 0 Å². The standard InChI is InChI=1S/C15H24Br2N2/c1-3-5-6-11(4-2)9-15(19-18)13-10-12(16)7-8-14(13)17/h7-8,10-11,15,19H,3-6,9,18H2,1-2H3. The molecule has 1 aromatic carbocycles. The fourth-order valence-electron chi connectivity index (χ4n) is 2.38. The summed E-state index contributed by atoms with van der Waals surface area (Å²) in [4.78, 5) is 0. The molecule has 0 fully saturated rings. The third-order valence-electron chi connectivity index (χ3n) is 3.65. The van der Waals surface area contributed by atoms with Crippen molar-refractivity contribution >= 4 is 31.9 Å². The summed E-state index contributed by atoms with van der Waals surface area (Å²) in [5.41, 5.74) is 4.21. The van der Waals surface area contributed by atoms with E-state index in [1.165, 1.54) is 31.2 Å². The fourth-order valence-corrected chi connectivity index (χ4v) is 3.28. The average Bonchev–Trinajstić information content (AvgIpc) is 2.42. The first-order valence-electron chi connectivity index (χ1n) is 7.03. The Labute approximate surface area is 133 Å². The summed E-state index contributed by atoms with van der Waals surface area (Å²) < 4.78 is 2.21. The van der Waals surface area contributed by atoms with Gasteiger partial charge in [-0.2, -0.15) is 0 Å². The van der Waals surface area contributed by atoms with Crippen LogP contribution in [0.2, 0.25) is 0 Å². The first-order chi connectivity index (χ1) is 9.12. The third kappa shape index (κ3) is 5.54. The van der Waals surface area contributed by atoms with Crippen molar-refractivity contribution in [2.24, 2.45) is 11.8 Å². The Morgan fingerprint density at radius 2 is 2.00 bits per heavy atom. The highest BCUT2D eigenvalue weighted by molar-refractivity contribution is 9.11. The topological polar surface area (TPSA) is 38.0 Å². The van der Waals surface area contributed by atoms with Crippen LogP contribution in [0, 0.1) is 5.92 Å². The van der Waals surface area contributed by atoms with Crippen molar-refractivity contribution in [3.8, 4) is 0 Å². The molecular weight excluding hydrogens is 368 g/mol.